The first-order chi connectivity index (χ1) is 10.6. The van der Waals surface area contributed by atoms with Crippen molar-refractivity contribution < 1.29 is 9.13 Å². The van der Waals surface area contributed by atoms with Gasteiger partial charge in [-0.1, -0.05) is 29.8 Å². The zero-order chi connectivity index (χ0) is 15.9. The van der Waals surface area contributed by atoms with Gasteiger partial charge in [-0.3, -0.25) is 5.43 Å². The molecule has 3 N–H and O–H groups in total. The van der Waals surface area contributed by atoms with E-state index in [0.717, 1.165) is 5.56 Å². The fraction of sp³-hybridized carbons (Fsp3) is 0.0667. The Morgan fingerprint density at radius 1 is 1.36 bits per heavy atom. The van der Waals surface area contributed by atoms with Gasteiger partial charge in [0.25, 0.3) is 0 Å². The fourth-order valence-corrected chi connectivity index (χ4v) is 1.90. The van der Waals surface area contributed by atoms with Crippen LogP contribution in [-0.2, 0) is 6.61 Å². The van der Waals surface area contributed by atoms with Crippen LogP contribution >= 0.6 is 23.8 Å². The summed E-state index contributed by atoms with van der Waals surface area (Å²) in [6.07, 6.45) is 1.40. The van der Waals surface area contributed by atoms with E-state index in [4.69, 9.17) is 22.1 Å². The van der Waals surface area contributed by atoms with Crippen LogP contribution in [-0.4, -0.2) is 11.3 Å². The number of nitrogens with zero attached hydrogens (tertiary/aromatic N) is 1. The van der Waals surface area contributed by atoms with Gasteiger partial charge in [0, 0.05) is 10.6 Å². The van der Waals surface area contributed by atoms with E-state index in [0.29, 0.717) is 10.6 Å². The molecule has 2 rings (SSSR count). The minimum absolute atomic E-state index is 0.0383. The number of thiocarbonyl (C=S) groups is 1. The number of hydrogen-bond donors (Lipinski definition) is 2. The highest BCUT2D eigenvalue weighted by Crippen LogP contribution is 2.21. The predicted octanol–water partition coefficient (Wildman–Crippen LogP) is 3.23. The summed E-state index contributed by atoms with van der Waals surface area (Å²) in [4.78, 5) is 0. The average Bonchev–Trinajstić information content (AvgIpc) is 2.47. The van der Waals surface area contributed by atoms with Crippen LogP contribution in [0, 0.1) is 5.82 Å². The van der Waals surface area contributed by atoms with Crippen LogP contribution in [0.5, 0.6) is 5.75 Å². The number of nitrogens with one attached hydrogen (secondary N) is 1. The molecule has 0 radical (unpaired) electrons. The lowest BCUT2D eigenvalue weighted by Gasteiger charge is -2.09. The number of rotatable bonds is 5. The summed E-state index contributed by atoms with van der Waals surface area (Å²) in [5, 5.41) is 4.37. The highest BCUT2D eigenvalue weighted by Gasteiger charge is 2.06. The normalized spacial score (nSPS) is 10.6. The molecule has 2 aromatic carbocycles. The third-order valence-electron chi connectivity index (χ3n) is 2.69. The largest absolute Gasteiger partial charge is 0.486 e. The Morgan fingerprint density at radius 2 is 2.14 bits per heavy atom. The maximum Gasteiger partial charge on any atom is 0.184 e. The highest BCUT2D eigenvalue weighted by atomic mass is 35.5. The molecule has 0 bridgehead atoms. The van der Waals surface area contributed by atoms with Crippen LogP contribution in [0.25, 0.3) is 0 Å². The molecule has 4 nitrogen and oxygen atoms in total. The maximum absolute atomic E-state index is 13.9. The molecule has 0 saturated carbocycles. The molecule has 0 aliphatic rings. The first-order valence-electron chi connectivity index (χ1n) is 6.30. The van der Waals surface area contributed by atoms with E-state index in [1.807, 2.05) is 18.2 Å². The van der Waals surface area contributed by atoms with E-state index >= 15 is 0 Å². The molecular weight excluding hydrogens is 325 g/mol. The lowest BCUT2D eigenvalue weighted by molar-refractivity contribution is 0.290. The molecule has 0 fully saturated rings. The Morgan fingerprint density at radius 3 is 2.82 bits per heavy atom. The van der Waals surface area contributed by atoms with Crippen LogP contribution in [0.4, 0.5) is 4.39 Å². The fourth-order valence-electron chi connectivity index (χ4n) is 1.66. The summed E-state index contributed by atoms with van der Waals surface area (Å²) in [5.41, 5.74) is 8.95. The Bertz CT molecular complexity index is 709. The molecule has 0 amide bonds. The average molecular weight is 338 g/mol. The molecular formula is C15H13ClFN3OS. The first-order valence-corrected chi connectivity index (χ1v) is 7.09. The highest BCUT2D eigenvalue weighted by molar-refractivity contribution is 7.80. The molecule has 7 heteroatoms. The van der Waals surface area contributed by atoms with Crippen molar-refractivity contribution in [3.8, 4) is 5.75 Å². The Labute approximate surface area is 137 Å². The van der Waals surface area contributed by atoms with Gasteiger partial charge in [0.1, 0.15) is 6.61 Å². The molecule has 114 valence electrons. The lowest BCUT2D eigenvalue weighted by atomic mass is 10.2. The Balaban J connectivity index is 2.02. The summed E-state index contributed by atoms with van der Waals surface area (Å²) in [7, 11) is 0. The summed E-state index contributed by atoms with van der Waals surface area (Å²) in [6, 6.07) is 11.7. The molecule has 0 spiro atoms. The van der Waals surface area contributed by atoms with E-state index < -0.39 is 5.82 Å². The predicted molar refractivity (Wildman–Crippen MR) is 89.7 cm³/mol. The number of nitrogens with two attached hydrogens (primary N) is 1. The van der Waals surface area contributed by atoms with Crippen molar-refractivity contribution in [3.05, 3.63) is 64.4 Å². The first kappa shape index (κ1) is 16.2. The smallest absolute Gasteiger partial charge is 0.184 e. The van der Waals surface area contributed by atoms with Crippen LogP contribution in [0.1, 0.15) is 11.1 Å². The van der Waals surface area contributed by atoms with Gasteiger partial charge in [-0.05, 0) is 42.0 Å². The van der Waals surface area contributed by atoms with Gasteiger partial charge in [-0.25, -0.2) is 4.39 Å². The van der Waals surface area contributed by atoms with Gasteiger partial charge in [0.2, 0.25) is 0 Å². The number of halogens is 2. The summed E-state index contributed by atoms with van der Waals surface area (Å²) >= 11 is 10.6. The summed E-state index contributed by atoms with van der Waals surface area (Å²) in [5.74, 6) is -0.356. The van der Waals surface area contributed by atoms with Crippen molar-refractivity contribution in [2.24, 2.45) is 10.8 Å². The lowest BCUT2D eigenvalue weighted by Crippen LogP contribution is -2.23. The van der Waals surface area contributed by atoms with Gasteiger partial charge in [-0.15, -0.1) is 0 Å². The molecule has 0 unspecified atom stereocenters. The zero-order valence-electron chi connectivity index (χ0n) is 11.4. The molecule has 0 aromatic heterocycles. The van der Waals surface area contributed by atoms with E-state index in [2.05, 4.69) is 22.7 Å². The Hall–Kier alpha value is -2.18. The van der Waals surface area contributed by atoms with Crippen molar-refractivity contribution in [3.63, 3.8) is 0 Å². The molecule has 0 heterocycles. The van der Waals surface area contributed by atoms with Crippen LogP contribution in [0.3, 0.4) is 0 Å². The van der Waals surface area contributed by atoms with Crippen LogP contribution in [0.2, 0.25) is 5.02 Å². The van der Waals surface area contributed by atoms with Crippen LogP contribution in [0.15, 0.2) is 47.6 Å². The van der Waals surface area contributed by atoms with Gasteiger partial charge < -0.3 is 10.5 Å². The molecule has 0 aliphatic carbocycles. The third-order valence-corrected chi connectivity index (χ3v) is 3.15. The molecule has 0 atom stereocenters. The second-order valence-electron chi connectivity index (χ2n) is 4.30. The van der Waals surface area contributed by atoms with E-state index in [-0.39, 0.29) is 17.5 Å². The standard InChI is InChI=1S/C15H13ClFN3OS/c16-12-4-2-1-3-11(12)9-21-14-6-5-10(7-13(14)17)8-19-20-15(18)22/h1-8H,9H2,(H3,18,20,22). The maximum atomic E-state index is 13.9. The second-order valence-corrected chi connectivity index (χ2v) is 5.15. The summed E-state index contributed by atoms with van der Waals surface area (Å²) < 4.78 is 19.4. The second kappa shape index (κ2) is 7.72. The van der Waals surface area contributed by atoms with Gasteiger partial charge in [0.05, 0.1) is 6.21 Å². The van der Waals surface area contributed by atoms with Crippen molar-refractivity contribution in [1.82, 2.24) is 5.43 Å². The number of ether oxygens (including phenoxy) is 1. The topological polar surface area (TPSA) is 59.6 Å². The van der Waals surface area contributed by atoms with Crippen molar-refractivity contribution in [1.29, 1.82) is 0 Å². The third kappa shape index (κ3) is 4.68. The van der Waals surface area contributed by atoms with Gasteiger partial charge >= 0.3 is 0 Å². The van der Waals surface area contributed by atoms with E-state index in [1.54, 1.807) is 12.1 Å². The van der Waals surface area contributed by atoms with Crippen LogP contribution < -0.4 is 15.9 Å². The minimum atomic E-state index is -0.494. The molecule has 0 saturated heterocycles. The molecule has 0 aliphatic heterocycles. The van der Waals surface area contributed by atoms with Crippen molar-refractivity contribution >= 4 is 35.1 Å². The van der Waals surface area contributed by atoms with E-state index in [9.17, 15) is 4.39 Å². The van der Waals surface area contributed by atoms with Crippen molar-refractivity contribution in [2.45, 2.75) is 6.61 Å². The zero-order valence-corrected chi connectivity index (χ0v) is 13.0. The Kier molecular flexibility index (Phi) is 5.68. The SMILES string of the molecule is NC(=S)NN=Cc1ccc(OCc2ccccc2Cl)c(F)c1. The summed E-state index contributed by atoms with van der Waals surface area (Å²) in [6.45, 7) is 0.188. The van der Waals surface area contributed by atoms with E-state index in [1.165, 1.54) is 18.3 Å². The molecule has 22 heavy (non-hydrogen) atoms. The number of hydrazone groups is 1. The number of benzene rings is 2. The van der Waals surface area contributed by atoms with Crippen molar-refractivity contribution in [2.75, 3.05) is 0 Å². The van der Waals surface area contributed by atoms with Gasteiger partial charge in [0.15, 0.2) is 16.7 Å². The van der Waals surface area contributed by atoms with Gasteiger partial charge in [-0.2, -0.15) is 5.10 Å². The minimum Gasteiger partial charge on any atom is -0.486 e. The monoisotopic (exact) mass is 337 g/mol. The molecule has 2 aromatic rings. The number of hydrogen-bond acceptors (Lipinski definition) is 3. The quantitative estimate of drug-likeness (QED) is 0.499.